The molecule has 2 aromatic carbocycles. The molecule has 0 saturated heterocycles. The van der Waals surface area contributed by atoms with Crippen molar-refractivity contribution >= 4 is 29.1 Å². The molecule has 1 aliphatic carbocycles. The molecule has 190 valence electrons. The zero-order valence-electron chi connectivity index (χ0n) is 20.5. The number of carbonyl (C=O) groups is 2. The Kier molecular flexibility index (Phi) is 8.05. The number of rotatable bonds is 9. The van der Waals surface area contributed by atoms with Gasteiger partial charge in [-0.05, 0) is 66.9 Å². The molecule has 1 saturated carbocycles. The summed E-state index contributed by atoms with van der Waals surface area (Å²) < 4.78 is 22.0. The topological polar surface area (TPSA) is 90.2 Å². The Balaban J connectivity index is 1.89. The summed E-state index contributed by atoms with van der Waals surface area (Å²) in [5.41, 5.74) is 0.955. The van der Waals surface area contributed by atoms with Crippen molar-refractivity contribution in [2.75, 3.05) is 26.2 Å². The molecule has 1 atom stereocenters. The van der Waals surface area contributed by atoms with Gasteiger partial charge in [-0.2, -0.15) is 0 Å². The number of anilines is 1. The molecule has 2 amide bonds. The lowest BCUT2D eigenvalue weighted by atomic mass is 10.0. The number of nitrogens with zero attached hydrogens (tertiary/aromatic N) is 1. The van der Waals surface area contributed by atoms with Crippen molar-refractivity contribution in [2.24, 2.45) is 0 Å². The molecule has 9 heteroatoms. The van der Waals surface area contributed by atoms with Gasteiger partial charge in [0.05, 0.1) is 27.6 Å². The van der Waals surface area contributed by atoms with Gasteiger partial charge in [-0.3, -0.25) is 14.5 Å². The first-order chi connectivity index (χ1) is 17.5. The predicted octanol–water partition coefficient (Wildman–Crippen LogP) is 5.41. The Bertz CT molecular complexity index is 1160. The van der Waals surface area contributed by atoms with Gasteiger partial charge in [-0.25, -0.2) is 0 Å². The molecule has 3 aromatic rings. The summed E-state index contributed by atoms with van der Waals surface area (Å²) in [6.45, 7) is 0. The molecule has 0 bridgehead atoms. The second-order valence-corrected chi connectivity index (χ2v) is 8.92. The molecule has 0 spiro atoms. The second-order valence-electron chi connectivity index (χ2n) is 8.48. The van der Waals surface area contributed by atoms with E-state index in [4.69, 9.17) is 30.2 Å². The van der Waals surface area contributed by atoms with Gasteiger partial charge >= 0.3 is 0 Å². The van der Waals surface area contributed by atoms with Gasteiger partial charge in [0.25, 0.3) is 5.91 Å². The minimum atomic E-state index is -1.07. The summed E-state index contributed by atoms with van der Waals surface area (Å²) in [5.74, 6) is 0.401. The Labute approximate surface area is 215 Å². The number of hydrogen-bond acceptors (Lipinski definition) is 6. The fraction of sp³-hybridized carbons (Fsp3) is 0.333. The number of ether oxygens (including phenoxy) is 3. The average Bonchev–Trinajstić information content (AvgIpc) is 3.61. The number of carbonyl (C=O) groups excluding carboxylic acids is 2. The third kappa shape index (κ3) is 5.28. The van der Waals surface area contributed by atoms with Gasteiger partial charge in [0, 0.05) is 16.8 Å². The van der Waals surface area contributed by atoms with Crippen molar-refractivity contribution in [3.05, 3.63) is 71.1 Å². The van der Waals surface area contributed by atoms with Crippen LogP contribution in [0.5, 0.6) is 17.2 Å². The van der Waals surface area contributed by atoms with Crippen LogP contribution < -0.4 is 24.4 Å². The van der Waals surface area contributed by atoms with Crippen molar-refractivity contribution in [2.45, 2.75) is 37.8 Å². The SMILES string of the molecule is COc1cc([C@@H](C(=O)NC2CCCC2)N(C(=O)c2ccco2)c2ccc(Cl)cc2)cc(OC)c1OC. The average molecular weight is 513 g/mol. The number of methoxy groups -OCH3 is 3. The van der Waals surface area contributed by atoms with E-state index in [1.807, 2.05) is 0 Å². The molecule has 1 N–H and O–H groups in total. The third-order valence-electron chi connectivity index (χ3n) is 6.27. The van der Waals surface area contributed by atoms with Gasteiger partial charge in [0.2, 0.25) is 11.7 Å². The molecule has 0 radical (unpaired) electrons. The van der Waals surface area contributed by atoms with Crippen LogP contribution in [-0.4, -0.2) is 39.2 Å². The van der Waals surface area contributed by atoms with Gasteiger partial charge in [0.1, 0.15) is 6.04 Å². The van der Waals surface area contributed by atoms with Crippen LogP contribution in [0.4, 0.5) is 5.69 Å². The monoisotopic (exact) mass is 512 g/mol. The molecule has 1 heterocycles. The summed E-state index contributed by atoms with van der Waals surface area (Å²) in [6.07, 6.45) is 5.29. The quantitative estimate of drug-likeness (QED) is 0.412. The molecule has 1 fully saturated rings. The van der Waals surface area contributed by atoms with E-state index in [2.05, 4.69) is 5.32 Å². The van der Waals surface area contributed by atoms with Crippen LogP contribution in [0.2, 0.25) is 5.02 Å². The maximum atomic E-state index is 13.9. The largest absolute Gasteiger partial charge is 0.493 e. The normalized spacial score (nSPS) is 14.2. The molecular formula is C27H29ClN2O6. The fourth-order valence-electron chi connectivity index (χ4n) is 4.53. The molecular weight excluding hydrogens is 484 g/mol. The van der Waals surface area contributed by atoms with Crippen molar-refractivity contribution in [1.82, 2.24) is 5.32 Å². The predicted molar refractivity (Wildman–Crippen MR) is 136 cm³/mol. The Morgan fingerprint density at radius 3 is 2.17 bits per heavy atom. The Morgan fingerprint density at radius 1 is 1.00 bits per heavy atom. The van der Waals surface area contributed by atoms with E-state index in [1.54, 1.807) is 48.5 Å². The number of furan rings is 1. The number of hydrogen-bond donors (Lipinski definition) is 1. The van der Waals surface area contributed by atoms with Crippen molar-refractivity contribution < 1.29 is 28.2 Å². The molecule has 1 aliphatic rings. The van der Waals surface area contributed by atoms with E-state index in [0.29, 0.717) is 33.5 Å². The highest BCUT2D eigenvalue weighted by molar-refractivity contribution is 6.30. The number of halogens is 1. The summed E-state index contributed by atoms with van der Waals surface area (Å²) in [6, 6.07) is 12.2. The van der Waals surface area contributed by atoms with Crippen LogP contribution in [0.15, 0.2) is 59.2 Å². The van der Waals surface area contributed by atoms with Crippen LogP contribution in [0.25, 0.3) is 0 Å². The van der Waals surface area contributed by atoms with E-state index < -0.39 is 11.9 Å². The summed E-state index contributed by atoms with van der Waals surface area (Å²) in [5, 5.41) is 3.64. The standard InChI is InChI=1S/C27H29ClN2O6/c1-33-22-15-17(16-23(34-2)25(22)35-3)24(26(31)29-19-7-4-5-8-19)30(20-12-10-18(28)11-13-20)27(32)21-9-6-14-36-21/h6,9-16,19,24H,4-5,7-8H2,1-3H3,(H,29,31)/t24-/m0/s1. The second kappa shape index (κ2) is 11.4. The first kappa shape index (κ1) is 25.4. The molecule has 0 aliphatic heterocycles. The highest BCUT2D eigenvalue weighted by atomic mass is 35.5. The van der Waals surface area contributed by atoms with Gasteiger partial charge in [0.15, 0.2) is 17.3 Å². The van der Waals surface area contributed by atoms with Crippen LogP contribution in [-0.2, 0) is 4.79 Å². The third-order valence-corrected chi connectivity index (χ3v) is 6.52. The Hall–Kier alpha value is -3.65. The highest BCUT2D eigenvalue weighted by Gasteiger charge is 2.37. The minimum absolute atomic E-state index is 0.0350. The summed E-state index contributed by atoms with van der Waals surface area (Å²) in [7, 11) is 4.50. The van der Waals surface area contributed by atoms with Crippen LogP contribution in [0.1, 0.15) is 47.8 Å². The summed E-state index contributed by atoms with van der Waals surface area (Å²) >= 11 is 6.13. The van der Waals surface area contributed by atoms with Crippen LogP contribution >= 0.6 is 11.6 Å². The minimum Gasteiger partial charge on any atom is -0.493 e. The van der Waals surface area contributed by atoms with E-state index in [1.165, 1.54) is 32.5 Å². The van der Waals surface area contributed by atoms with Crippen molar-refractivity contribution in [3.8, 4) is 17.2 Å². The number of benzene rings is 2. The fourth-order valence-corrected chi connectivity index (χ4v) is 4.66. The summed E-state index contributed by atoms with van der Waals surface area (Å²) in [4.78, 5) is 29.1. The lowest BCUT2D eigenvalue weighted by Gasteiger charge is -2.32. The number of nitrogens with one attached hydrogen (secondary N) is 1. The maximum absolute atomic E-state index is 13.9. The molecule has 4 rings (SSSR count). The maximum Gasteiger partial charge on any atom is 0.294 e. The first-order valence-corrected chi connectivity index (χ1v) is 12.1. The van der Waals surface area contributed by atoms with Crippen molar-refractivity contribution in [3.63, 3.8) is 0 Å². The van der Waals surface area contributed by atoms with Crippen LogP contribution in [0, 0.1) is 0 Å². The van der Waals surface area contributed by atoms with E-state index in [-0.39, 0.29) is 17.7 Å². The lowest BCUT2D eigenvalue weighted by Crippen LogP contribution is -2.46. The van der Waals surface area contributed by atoms with Gasteiger partial charge < -0.3 is 23.9 Å². The zero-order chi connectivity index (χ0) is 25.7. The van der Waals surface area contributed by atoms with Crippen molar-refractivity contribution in [1.29, 1.82) is 0 Å². The molecule has 8 nitrogen and oxygen atoms in total. The number of amides is 2. The zero-order valence-corrected chi connectivity index (χ0v) is 21.2. The highest BCUT2D eigenvalue weighted by Crippen LogP contribution is 2.42. The van der Waals surface area contributed by atoms with E-state index in [9.17, 15) is 9.59 Å². The van der Waals surface area contributed by atoms with E-state index >= 15 is 0 Å². The first-order valence-electron chi connectivity index (χ1n) is 11.7. The van der Waals surface area contributed by atoms with Gasteiger partial charge in [-0.15, -0.1) is 0 Å². The van der Waals surface area contributed by atoms with Crippen LogP contribution in [0.3, 0.4) is 0 Å². The van der Waals surface area contributed by atoms with Gasteiger partial charge in [-0.1, -0.05) is 24.4 Å². The molecule has 1 aromatic heterocycles. The smallest absolute Gasteiger partial charge is 0.294 e. The Morgan fingerprint density at radius 2 is 1.64 bits per heavy atom. The van der Waals surface area contributed by atoms with E-state index in [0.717, 1.165) is 25.7 Å². The molecule has 36 heavy (non-hydrogen) atoms. The molecule has 0 unspecified atom stereocenters. The lowest BCUT2D eigenvalue weighted by molar-refractivity contribution is -0.123.